The van der Waals surface area contributed by atoms with Gasteiger partial charge in [-0.2, -0.15) is 0 Å². The molecule has 2 aromatic carbocycles. The van der Waals surface area contributed by atoms with Crippen molar-refractivity contribution in [2.24, 2.45) is 0 Å². The summed E-state index contributed by atoms with van der Waals surface area (Å²) in [7, 11) is 0. The number of ether oxygens (including phenoxy) is 2. The molecule has 2 aromatic rings. The second-order valence-electron chi connectivity index (χ2n) is 9.68. The Labute approximate surface area is 239 Å². The highest BCUT2D eigenvalue weighted by Crippen LogP contribution is 2.28. The molecule has 1 atom stereocenters. The second-order valence-corrected chi connectivity index (χ2v) is 9.68. The predicted molar refractivity (Wildman–Crippen MR) is 151 cm³/mol. The molecule has 1 N–H and O–H groups in total. The minimum atomic E-state index is -0.925. The number of rotatable bonds is 15. The molecule has 220 valence electrons. The average Bonchev–Trinajstić information content (AvgIpc) is 2.97. The summed E-state index contributed by atoms with van der Waals surface area (Å²) in [5.41, 5.74) is 1.63. The Kier molecular flexibility index (Phi) is 12.8. The topological polar surface area (TPSA) is 137 Å². The van der Waals surface area contributed by atoms with Crippen LogP contribution in [0, 0.1) is 10.1 Å². The van der Waals surface area contributed by atoms with E-state index in [1.54, 1.807) is 48.5 Å². The number of nitrogens with one attached hydrogen (secondary N) is 1. The van der Waals surface area contributed by atoms with Gasteiger partial charge in [0.2, 0.25) is 5.91 Å². The molecule has 1 saturated heterocycles. The van der Waals surface area contributed by atoms with E-state index in [0.717, 1.165) is 38.8 Å². The van der Waals surface area contributed by atoms with Gasteiger partial charge in [-0.05, 0) is 68.6 Å². The molecule has 1 aliphatic heterocycles. The Morgan fingerprint density at radius 1 is 1.07 bits per heavy atom. The molecule has 41 heavy (non-hydrogen) atoms. The molecule has 0 aliphatic carbocycles. The molecule has 1 fully saturated rings. The van der Waals surface area contributed by atoms with Crippen molar-refractivity contribution in [2.45, 2.75) is 51.6 Å². The van der Waals surface area contributed by atoms with Crippen molar-refractivity contribution < 1.29 is 33.8 Å². The van der Waals surface area contributed by atoms with E-state index in [0.29, 0.717) is 28.9 Å². The molecule has 0 radical (unpaired) electrons. The number of carbonyl (C=O) groups is 3. The first kappa shape index (κ1) is 31.3. The lowest BCUT2D eigenvalue weighted by Crippen LogP contribution is -2.35. The Hall–Kier alpha value is -4.25. The first-order valence-electron chi connectivity index (χ1n) is 13.9. The highest BCUT2D eigenvalue weighted by Gasteiger charge is 2.25. The van der Waals surface area contributed by atoms with E-state index >= 15 is 0 Å². The van der Waals surface area contributed by atoms with Crippen molar-refractivity contribution in [1.82, 2.24) is 10.2 Å². The van der Waals surface area contributed by atoms with Gasteiger partial charge in [-0.3, -0.25) is 14.5 Å². The number of piperidine rings is 1. The Bertz CT molecular complexity index is 1190. The predicted octanol–water partition coefficient (Wildman–Crippen LogP) is 4.50. The molecule has 11 heteroatoms. The number of hydrogen-bond acceptors (Lipinski definition) is 9. The van der Waals surface area contributed by atoms with Crippen LogP contribution in [0.5, 0.6) is 5.75 Å². The number of hydrogen-bond donors (Lipinski definition) is 1. The lowest BCUT2D eigenvalue weighted by atomic mass is 9.98. The minimum Gasteiger partial charge on any atom is -0.457 e. The minimum absolute atomic E-state index is 0.00252. The molecule has 11 nitrogen and oxygen atoms in total. The third-order valence-corrected chi connectivity index (χ3v) is 6.54. The van der Waals surface area contributed by atoms with Crippen LogP contribution in [-0.2, 0) is 19.2 Å². The van der Waals surface area contributed by atoms with E-state index in [1.807, 2.05) is 6.07 Å². The van der Waals surface area contributed by atoms with Gasteiger partial charge in [0.25, 0.3) is 5.09 Å². The zero-order chi connectivity index (χ0) is 29.5. The fourth-order valence-corrected chi connectivity index (χ4v) is 4.46. The Morgan fingerprint density at radius 3 is 2.51 bits per heavy atom. The van der Waals surface area contributed by atoms with Crippen LogP contribution >= 0.6 is 0 Å². The van der Waals surface area contributed by atoms with Crippen LogP contribution < -0.4 is 10.1 Å². The number of carbonyl (C=O) groups excluding carboxylic acids is 3. The SMILES string of the molecule is CCCCC(OC(=O)CN1CCCCC1)c1ccccc1C(=O)Oc1ccc(/C=C/C(=O)NCCO[N+](=O)[O-])cc1. The van der Waals surface area contributed by atoms with E-state index in [2.05, 4.69) is 22.0 Å². The maximum Gasteiger partial charge on any atom is 0.343 e. The summed E-state index contributed by atoms with van der Waals surface area (Å²) in [6.45, 7) is 3.84. The van der Waals surface area contributed by atoms with Crippen molar-refractivity contribution in [2.75, 3.05) is 32.8 Å². The molecule has 0 bridgehead atoms. The van der Waals surface area contributed by atoms with Crippen molar-refractivity contribution in [3.8, 4) is 5.75 Å². The first-order valence-corrected chi connectivity index (χ1v) is 13.9. The summed E-state index contributed by atoms with van der Waals surface area (Å²) in [5.74, 6) is -0.971. The lowest BCUT2D eigenvalue weighted by molar-refractivity contribution is -0.757. The van der Waals surface area contributed by atoms with Crippen molar-refractivity contribution in [3.63, 3.8) is 0 Å². The molecule has 0 spiro atoms. The van der Waals surface area contributed by atoms with Crippen LogP contribution in [-0.4, -0.2) is 60.6 Å². The van der Waals surface area contributed by atoms with Crippen molar-refractivity contribution in [1.29, 1.82) is 0 Å². The van der Waals surface area contributed by atoms with E-state index < -0.39 is 23.1 Å². The summed E-state index contributed by atoms with van der Waals surface area (Å²) in [4.78, 5) is 54.2. The van der Waals surface area contributed by atoms with Crippen LogP contribution in [0.3, 0.4) is 0 Å². The highest BCUT2D eigenvalue weighted by molar-refractivity contribution is 5.93. The monoisotopic (exact) mass is 567 g/mol. The van der Waals surface area contributed by atoms with Crippen molar-refractivity contribution >= 4 is 23.9 Å². The summed E-state index contributed by atoms with van der Waals surface area (Å²) in [6.07, 6.45) is 7.99. The average molecular weight is 568 g/mol. The summed E-state index contributed by atoms with van der Waals surface area (Å²) < 4.78 is 11.5. The van der Waals surface area contributed by atoms with Gasteiger partial charge in [0, 0.05) is 18.2 Å². The molecule has 1 unspecified atom stereocenters. The number of esters is 2. The van der Waals surface area contributed by atoms with Crippen LogP contribution in [0.4, 0.5) is 0 Å². The van der Waals surface area contributed by atoms with E-state index in [9.17, 15) is 24.5 Å². The standard InChI is InChI=1S/C30H37N3O8/c1-2-3-11-27(41-29(35)22-32-19-7-4-8-20-32)25-9-5-6-10-26(25)30(36)40-24-15-12-23(13-16-24)14-17-28(34)31-18-21-39-33(37)38/h5-6,9-10,12-17,27H,2-4,7-8,11,18-22H2,1H3,(H,31,34)/b17-14+. The smallest absolute Gasteiger partial charge is 0.343 e. The fraction of sp³-hybridized carbons (Fsp3) is 0.433. The second kappa shape index (κ2) is 16.8. The van der Waals surface area contributed by atoms with Gasteiger partial charge in [-0.25, -0.2) is 4.79 Å². The van der Waals surface area contributed by atoms with Gasteiger partial charge in [0.15, 0.2) is 0 Å². The number of amides is 1. The molecule has 1 aliphatic rings. The number of benzene rings is 2. The van der Waals surface area contributed by atoms with E-state index in [1.165, 1.54) is 12.5 Å². The van der Waals surface area contributed by atoms with Crippen LogP contribution in [0.25, 0.3) is 6.08 Å². The summed E-state index contributed by atoms with van der Waals surface area (Å²) >= 11 is 0. The molecule has 3 rings (SSSR count). The molecule has 0 saturated carbocycles. The van der Waals surface area contributed by atoms with Gasteiger partial charge < -0.3 is 19.6 Å². The summed E-state index contributed by atoms with van der Waals surface area (Å²) in [5, 5.41) is 11.7. The number of likely N-dealkylation sites (tertiary alicyclic amines) is 1. The quantitative estimate of drug-likeness (QED) is 0.0823. The largest absolute Gasteiger partial charge is 0.457 e. The molecule has 1 heterocycles. The maximum absolute atomic E-state index is 13.2. The van der Waals surface area contributed by atoms with Gasteiger partial charge in [0.05, 0.1) is 12.1 Å². The molecular formula is C30H37N3O8. The highest BCUT2D eigenvalue weighted by atomic mass is 16.9. The Balaban J connectivity index is 1.61. The zero-order valence-electron chi connectivity index (χ0n) is 23.3. The zero-order valence-corrected chi connectivity index (χ0v) is 23.3. The van der Waals surface area contributed by atoms with Gasteiger partial charge in [-0.1, -0.05) is 50.1 Å². The number of unbranched alkanes of at least 4 members (excludes halogenated alkanes) is 1. The maximum atomic E-state index is 13.2. The van der Waals surface area contributed by atoms with E-state index in [4.69, 9.17) is 9.47 Å². The molecule has 1 amide bonds. The lowest BCUT2D eigenvalue weighted by Gasteiger charge is -2.27. The third-order valence-electron chi connectivity index (χ3n) is 6.54. The van der Waals surface area contributed by atoms with E-state index in [-0.39, 0.29) is 25.7 Å². The molecule has 0 aromatic heterocycles. The molecular weight excluding hydrogens is 530 g/mol. The van der Waals surface area contributed by atoms with Crippen molar-refractivity contribution in [3.05, 3.63) is 81.4 Å². The number of nitrogens with zero attached hydrogens (tertiary/aromatic N) is 2. The Morgan fingerprint density at radius 2 is 1.80 bits per heavy atom. The normalized spacial score (nSPS) is 14.3. The first-order chi connectivity index (χ1) is 19.9. The fourth-order valence-electron chi connectivity index (χ4n) is 4.46. The van der Waals surface area contributed by atoms with Crippen LogP contribution in [0.15, 0.2) is 54.6 Å². The van der Waals surface area contributed by atoms with Crippen LogP contribution in [0.2, 0.25) is 0 Å². The van der Waals surface area contributed by atoms with Gasteiger partial charge in [0.1, 0.15) is 18.5 Å². The summed E-state index contributed by atoms with van der Waals surface area (Å²) in [6, 6.07) is 13.6. The van der Waals surface area contributed by atoms with Gasteiger partial charge >= 0.3 is 11.9 Å². The van der Waals surface area contributed by atoms with Gasteiger partial charge in [-0.15, -0.1) is 10.1 Å². The van der Waals surface area contributed by atoms with Crippen LogP contribution in [0.1, 0.15) is 73.0 Å². The third kappa shape index (κ3) is 11.0.